The number of rotatable bonds is 5. The van der Waals surface area contributed by atoms with Crippen LogP contribution >= 0.6 is 0 Å². The van der Waals surface area contributed by atoms with E-state index in [1.54, 1.807) is 29.1 Å². The largest absolute Gasteiger partial charge is 0.481 e. The Kier molecular flexibility index (Phi) is 4.01. The molecule has 1 N–H and O–H groups in total. The van der Waals surface area contributed by atoms with E-state index in [4.69, 9.17) is 5.11 Å². The van der Waals surface area contributed by atoms with Crippen LogP contribution in [0, 0.1) is 11.6 Å². The molecule has 118 valence electrons. The summed E-state index contributed by atoms with van der Waals surface area (Å²) in [5, 5.41) is 8.78. The third-order valence-corrected chi connectivity index (χ3v) is 3.50. The van der Waals surface area contributed by atoms with Crippen molar-refractivity contribution < 1.29 is 18.7 Å². The first-order valence-electron chi connectivity index (χ1n) is 7.04. The minimum Gasteiger partial charge on any atom is -0.481 e. The smallest absolute Gasteiger partial charge is 0.303 e. The van der Waals surface area contributed by atoms with Gasteiger partial charge in [0.2, 0.25) is 0 Å². The number of carboxylic acids is 1. The van der Waals surface area contributed by atoms with Crippen LogP contribution in [0.25, 0.3) is 22.4 Å². The van der Waals surface area contributed by atoms with Crippen molar-refractivity contribution in [2.75, 3.05) is 0 Å². The maximum atomic E-state index is 13.6. The number of hydrogen-bond donors (Lipinski definition) is 1. The van der Waals surface area contributed by atoms with Gasteiger partial charge in [-0.25, -0.2) is 13.8 Å². The van der Waals surface area contributed by atoms with E-state index in [0.717, 1.165) is 17.7 Å². The number of carboxylic acid groups (broad SMARTS) is 1. The molecule has 0 spiro atoms. The average Bonchev–Trinajstić information content (AvgIpc) is 2.86. The molecule has 0 unspecified atom stereocenters. The van der Waals surface area contributed by atoms with Crippen LogP contribution in [0.1, 0.15) is 12.8 Å². The van der Waals surface area contributed by atoms with Gasteiger partial charge in [-0.05, 0) is 18.6 Å². The van der Waals surface area contributed by atoms with Gasteiger partial charge in [-0.15, -0.1) is 0 Å². The van der Waals surface area contributed by atoms with Gasteiger partial charge < -0.3 is 9.67 Å². The number of nitrogens with zero attached hydrogens (tertiary/aromatic N) is 3. The highest BCUT2D eigenvalue weighted by molar-refractivity contribution is 5.80. The summed E-state index contributed by atoms with van der Waals surface area (Å²) in [4.78, 5) is 19.0. The Hall–Kier alpha value is -2.83. The van der Waals surface area contributed by atoms with E-state index in [-0.39, 0.29) is 6.42 Å². The SMILES string of the molecule is O=C(O)CCCn1c(-c2ccncc2)nc2cc(F)c(F)cc21. The Morgan fingerprint density at radius 1 is 1.17 bits per heavy atom. The predicted octanol–water partition coefficient (Wildman–Crippen LogP) is 3.24. The molecule has 3 rings (SSSR count). The first-order valence-corrected chi connectivity index (χ1v) is 7.04. The molecule has 2 aromatic heterocycles. The lowest BCUT2D eigenvalue weighted by Gasteiger charge is -2.08. The highest BCUT2D eigenvalue weighted by Gasteiger charge is 2.15. The van der Waals surface area contributed by atoms with Gasteiger partial charge in [-0.2, -0.15) is 0 Å². The van der Waals surface area contributed by atoms with E-state index in [1.165, 1.54) is 0 Å². The molecular weight excluding hydrogens is 304 g/mol. The second kappa shape index (κ2) is 6.12. The number of hydrogen-bond acceptors (Lipinski definition) is 3. The van der Waals surface area contributed by atoms with E-state index in [9.17, 15) is 13.6 Å². The summed E-state index contributed by atoms with van der Waals surface area (Å²) < 4.78 is 28.7. The Labute approximate surface area is 130 Å². The van der Waals surface area contributed by atoms with Crippen LogP contribution in [0.4, 0.5) is 8.78 Å². The van der Waals surface area contributed by atoms with Crippen LogP contribution in [-0.2, 0) is 11.3 Å². The normalized spacial score (nSPS) is 11.0. The maximum Gasteiger partial charge on any atom is 0.303 e. The summed E-state index contributed by atoms with van der Waals surface area (Å²) in [6.45, 7) is 0.339. The van der Waals surface area contributed by atoms with Crippen LogP contribution in [0.15, 0.2) is 36.7 Å². The third kappa shape index (κ3) is 3.03. The summed E-state index contributed by atoms with van der Waals surface area (Å²) >= 11 is 0. The number of fused-ring (bicyclic) bond motifs is 1. The number of benzene rings is 1. The van der Waals surface area contributed by atoms with Crippen LogP contribution in [-0.4, -0.2) is 25.6 Å². The molecule has 1 aromatic carbocycles. The van der Waals surface area contributed by atoms with Crippen molar-refractivity contribution in [3.05, 3.63) is 48.3 Å². The molecule has 0 radical (unpaired) electrons. The zero-order chi connectivity index (χ0) is 16.4. The number of aromatic nitrogens is 3. The lowest BCUT2D eigenvalue weighted by molar-refractivity contribution is -0.137. The average molecular weight is 317 g/mol. The Balaban J connectivity index is 2.11. The zero-order valence-corrected chi connectivity index (χ0v) is 12.0. The highest BCUT2D eigenvalue weighted by Crippen LogP contribution is 2.26. The topological polar surface area (TPSA) is 68.0 Å². The number of imidazole rings is 1. The number of aliphatic carboxylic acids is 1. The molecule has 0 aliphatic rings. The first kappa shape index (κ1) is 15.1. The fourth-order valence-electron chi connectivity index (χ4n) is 2.46. The third-order valence-electron chi connectivity index (χ3n) is 3.50. The maximum absolute atomic E-state index is 13.6. The van der Waals surface area contributed by atoms with Gasteiger partial charge in [0.25, 0.3) is 0 Å². The number of pyridine rings is 1. The lowest BCUT2D eigenvalue weighted by Crippen LogP contribution is -2.04. The molecule has 0 fully saturated rings. The van der Waals surface area contributed by atoms with Crippen molar-refractivity contribution >= 4 is 17.0 Å². The molecule has 3 aromatic rings. The molecule has 0 amide bonds. The fourth-order valence-corrected chi connectivity index (χ4v) is 2.46. The van der Waals surface area contributed by atoms with E-state index >= 15 is 0 Å². The van der Waals surface area contributed by atoms with Crippen LogP contribution < -0.4 is 0 Å². The van der Waals surface area contributed by atoms with Gasteiger partial charge in [0.15, 0.2) is 11.6 Å². The van der Waals surface area contributed by atoms with E-state index in [1.807, 2.05) is 0 Å². The van der Waals surface area contributed by atoms with Crippen molar-refractivity contribution in [3.63, 3.8) is 0 Å². The van der Waals surface area contributed by atoms with E-state index < -0.39 is 17.6 Å². The van der Waals surface area contributed by atoms with Gasteiger partial charge >= 0.3 is 5.97 Å². The number of carbonyl (C=O) groups is 1. The Morgan fingerprint density at radius 2 is 1.87 bits per heavy atom. The minimum absolute atomic E-state index is 0.0147. The minimum atomic E-state index is -0.964. The van der Waals surface area contributed by atoms with Crippen molar-refractivity contribution in [3.8, 4) is 11.4 Å². The van der Waals surface area contributed by atoms with Crippen LogP contribution in [0.3, 0.4) is 0 Å². The second-order valence-electron chi connectivity index (χ2n) is 5.08. The van der Waals surface area contributed by atoms with Crippen LogP contribution in [0.5, 0.6) is 0 Å². The summed E-state index contributed by atoms with van der Waals surface area (Å²) in [5.41, 5.74) is 1.50. The van der Waals surface area contributed by atoms with Gasteiger partial charge in [-0.1, -0.05) is 0 Å². The molecule has 7 heteroatoms. The highest BCUT2D eigenvalue weighted by atomic mass is 19.2. The van der Waals surface area contributed by atoms with Crippen molar-refractivity contribution in [2.45, 2.75) is 19.4 Å². The molecule has 0 saturated carbocycles. The van der Waals surface area contributed by atoms with Crippen LogP contribution in [0.2, 0.25) is 0 Å². The molecule has 23 heavy (non-hydrogen) atoms. The Morgan fingerprint density at radius 3 is 2.57 bits per heavy atom. The molecule has 5 nitrogen and oxygen atoms in total. The van der Waals surface area contributed by atoms with Crippen molar-refractivity contribution in [1.82, 2.24) is 14.5 Å². The first-order chi connectivity index (χ1) is 11.1. The summed E-state index contributed by atoms with van der Waals surface area (Å²) in [7, 11) is 0. The van der Waals surface area contributed by atoms with Gasteiger partial charge in [0.05, 0.1) is 11.0 Å². The molecule has 0 aliphatic carbocycles. The molecular formula is C16H13F2N3O2. The second-order valence-corrected chi connectivity index (χ2v) is 5.08. The quantitative estimate of drug-likeness (QED) is 0.784. The fraction of sp³-hybridized carbons (Fsp3) is 0.188. The summed E-state index contributed by atoms with van der Waals surface area (Å²) in [6, 6.07) is 5.61. The predicted molar refractivity (Wildman–Crippen MR) is 79.7 cm³/mol. The monoisotopic (exact) mass is 317 g/mol. The van der Waals surface area contributed by atoms with Crippen molar-refractivity contribution in [2.24, 2.45) is 0 Å². The Bertz CT molecular complexity index is 863. The van der Waals surface area contributed by atoms with Gasteiger partial charge in [0.1, 0.15) is 5.82 Å². The van der Waals surface area contributed by atoms with Gasteiger partial charge in [-0.3, -0.25) is 9.78 Å². The van der Waals surface area contributed by atoms with Gasteiger partial charge in [0, 0.05) is 43.1 Å². The molecule has 2 heterocycles. The van der Waals surface area contributed by atoms with E-state index in [2.05, 4.69) is 9.97 Å². The van der Waals surface area contributed by atoms with Crippen molar-refractivity contribution in [1.29, 1.82) is 0 Å². The summed E-state index contributed by atoms with van der Waals surface area (Å²) in [5.74, 6) is -2.30. The molecule has 0 saturated heterocycles. The van der Waals surface area contributed by atoms with E-state index in [0.29, 0.717) is 29.8 Å². The molecule has 0 bridgehead atoms. The zero-order valence-electron chi connectivity index (χ0n) is 12.0. The summed E-state index contributed by atoms with van der Waals surface area (Å²) in [6.07, 6.45) is 3.53. The number of aryl methyl sites for hydroxylation is 1. The molecule has 0 aliphatic heterocycles. The molecule has 0 atom stereocenters. The standard InChI is InChI=1S/C16H13F2N3O2/c17-11-8-13-14(9-12(11)18)21(7-1-2-15(22)23)16(20-13)10-3-5-19-6-4-10/h3-6,8-9H,1-2,7H2,(H,22,23). The lowest BCUT2D eigenvalue weighted by atomic mass is 10.2. The number of halogens is 2.